The average Bonchev–Trinajstić information content (AvgIpc) is 3.76. The van der Waals surface area contributed by atoms with Gasteiger partial charge in [0.15, 0.2) is 0 Å². The van der Waals surface area contributed by atoms with Gasteiger partial charge in [-0.1, -0.05) is 0 Å². The number of carbonyl (C=O) groups excluding carboxylic acids is 4. The molecule has 2 aliphatic carbocycles. The first-order chi connectivity index (χ1) is 27.6. The Morgan fingerprint density at radius 1 is 0.912 bits per heavy atom. The molecule has 57 heavy (non-hydrogen) atoms. The van der Waals surface area contributed by atoms with E-state index in [1.807, 2.05) is 12.3 Å². The van der Waals surface area contributed by atoms with E-state index in [0.717, 1.165) is 87.6 Å². The van der Waals surface area contributed by atoms with Gasteiger partial charge >= 0.3 is 0 Å². The topological polar surface area (TPSA) is 157 Å². The molecule has 0 aromatic heterocycles. The van der Waals surface area contributed by atoms with E-state index in [0.29, 0.717) is 41.1 Å². The number of piperidine rings is 2. The first kappa shape index (κ1) is 38.5. The first-order valence-corrected chi connectivity index (χ1v) is 20.4. The zero-order valence-corrected chi connectivity index (χ0v) is 32.9. The second kappa shape index (κ2) is 16.2. The molecule has 4 aliphatic heterocycles. The molecule has 2 saturated carbocycles. The van der Waals surface area contributed by atoms with Crippen molar-refractivity contribution in [3.8, 4) is 23.3 Å². The number of methoxy groups -OCH3 is 1. The number of likely N-dealkylation sites (tertiary alicyclic amines) is 1. The molecule has 0 unspecified atom stereocenters. The SMILES string of the molecule is COc1cc(O[C@@H]2CC[C@@H](N3C=C(N4CCC(CN(C(C)C)C5CC(Oc6ccc7c(c6)C(=O)N([C@@H]6CCC(=O)NC6=O)C7=O)C5)CC4)N=CC3)C2)ccc1C#N. The van der Waals surface area contributed by atoms with Crippen LogP contribution >= 0.6 is 0 Å². The van der Waals surface area contributed by atoms with Crippen molar-refractivity contribution in [3.05, 3.63) is 65.1 Å². The van der Waals surface area contributed by atoms with Gasteiger partial charge in [0.05, 0.1) is 30.3 Å². The fourth-order valence-corrected chi connectivity index (χ4v) is 9.28. The number of ether oxygens (including phenoxy) is 3. The van der Waals surface area contributed by atoms with Crippen molar-refractivity contribution < 1.29 is 33.4 Å². The summed E-state index contributed by atoms with van der Waals surface area (Å²) in [7, 11) is 1.57. The number of hydrogen-bond donors (Lipinski definition) is 1. The van der Waals surface area contributed by atoms with E-state index in [4.69, 9.17) is 19.2 Å². The Kier molecular flexibility index (Phi) is 10.9. The van der Waals surface area contributed by atoms with Crippen molar-refractivity contribution in [2.45, 2.75) is 108 Å². The molecule has 4 amide bonds. The van der Waals surface area contributed by atoms with Crippen molar-refractivity contribution in [1.82, 2.24) is 24.9 Å². The molecule has 0 radical (unpaired) electrons. The number of amides is 4. The van der Waals surface area contributed by atoms with Gasteiger partial charge in [0.25, 0.3) is 11.8 Å². The lowest BCUT2D eigenvalue weighted by atomic mass is 9.85. The normalized spacial score (nSPS) is 26.4. The minimum Gasteiger partial charge on any atom is -0.495 e. The van der Waals surface area contributed by atoms with Crippen LogP contribution in [-0.2, 0) is 9.59 Å². The maximum atomic E-state index is 13.3. The fourth-order valence-electron chi connectivity index (χ4n) is 9.28. The second-order valence-corrected chi connectivity index (χ2v) is 16.4. The predicted octanol–water partition coefficient (Wildman–Crippen LogP) is 4.49. The molecule has 0 spiro atoms. The number of fused-ring (bicyclic) bond motifs is 1. The third kappa shape index (κ3) is 7.94. The summed E-state index contributed by atoms with van der Waals surface area (Å²) < 4.78 is 18.0. The van der Waals surface area contributed by atoms with Gasteiger partial charge in [-0.15, -0.1) is 0 Å². The van der Waals surface area contributed by atoms with Gasteiger partial charge in [-0.2, -0.15) is 5.26 Å². The summed E-state index contributed by atoms with van der Waals surface area (Å²) in [6, 6.07) is 12.7. The lowest BCUT2D eigenvalue weighted by molar-refractivity contribution is -0.136. The van der Waals surface area contributed by atoms with Gasteiger partial charge in [0, 0.05) is 81.9 Å². The minimum atomic E-state index is -0.991. The number of nitrogens with one attached hydrogen (secondary N) is 1. The van der Waals surface area contributed by atoms with Crippen LogP contribution in [0.5, 0.6) is 17.2 Å². The van der Waals surface area contributed by atoms with Gasteiger partial charge in [-0.3, -0.25) is 34.3 Å². The molecule has 2 aromatic rings. The number of aliphatic imine (C=N–C) groups is 1. The third-order valence-corrected chi connectivity index (χ3v) is 12.5. The molecule has 4 heterocycles. The summed E-state index contributed by atoms with van der Waals surface area (Å²) in [4.78, 5) is 63.7. The van der Waals surface area contributed by atoms with Crippen LogP contribution in [0.25, 0.3) is 0 Å². The highest BCUT2D eigenvalue weighted by molar-refractivity contribution is 6.23. The summed E-state index contributed by atoms with van der Waals surface area (Å²) in [5.74, 6) is 1.37. The summed E-state index contributed by atoms with van der Waals surface area (Å²) in [5.41, 5.74) is 0.981. The van der Waals surface area contributed by atoms with Gasteiger partial charge in [-0.25, -0.2) is 4.99 Å². The van der Waals surface area contributed by atoms with Crippen molar-refractivity contribution in [3.63, 3.8) is 0 Å². The maximum Gasteiger partial charge on any atom is 0.262 e. The summed E-state index contributed by atoms with van der Waals surface area (Å²) in [6.07, 6.45) is 11.5. The van der Waals surface area contributed by atoms with E-state index in [1.165, 1.54) is 0 Å². The standard InChI is InChI=1S/C43H51N7O7/c1-26(2)49(30-19-34(20-30)57-32-8-9-35-36(21-32)43(54)50(42(35)53)37-10-11-40(51)46-41(37)52)24-27-12-15-47(16-13-27)39-25-48(17-14-45-39)29-5-7-31(18-29)56-33-6-4-28(23-44)38(22-33)55-3/h4,6,8-9,14,21-22,25-27,29-31,34,37H,5,7,10-13,15-20,24H2,1-3H3,(H,46,51,52)/t29-,30?,31-,34?,37-/m1/s1. The number of benzene rings is 2. The van der Waals surface area contributed by atoms with Gasteiger partial charge < -0.3 is 24.0 Å². The van der Waals surface area contributed by atoms with Crippen molar-refractivity contribution >= 4 is 29.8 Å². The van der Waals surface area contributed by atoms with Crippen molar-refractivity contribution in [2.24, 2.45) is 10.9 Å². The van der Waals surface area contributed by atoms with E-state index in [2.05, 4.69) is 46.1 Å². The molecule has 1 N–H and O–H groups in total. The number of nitrogens with zero attached hydrogens (tertiary/aromatic N) is 6. The Morgan fingerprint density at radius 3 is 2.39 bits per heavy atom. The number of hydrogen-bond acceptors (Lipinski definition) is 12. The summed E-state index contributed by atoms with van der Waals surface area (Å²) in [5, 5.41) is 11.5. The smallest absolute Gasteiger partial charge is 0.262 e. The molecule has 8 rings (SSSR count). The first-order valence-electron chi connectivity index (χ1n) is 20.4. The fraction of sp³-hybridized carbons (Fsp3) is 0.535. The highest BCUT2D eigenvalue weighted by Gasteiger charge is 2.45. The Labute approximate surface area is 333 Å². The molecule has 2 aromatic carbocycles. The van der Waals surface area contributed by atoms with Crippen LogP contribution in [-0.4, -0.2) is 119 Å². The lowest BCUT2D eigenvalue weighted by Crippen LogP contribution is -2.54. The van der Waals surface area contributed by atoms with E-state index in [1.54, 1.807) is 37.4 Å². The molecule has 300 valence electrons. The van der Waals surface area contributed by atoms with Crippen LogP contribution in [0.1, 0.15) is 97.9 Å². The molecule has 14 nitrogen and oxygen atoms in total. The number of imide groups is 2. The van der Waals surface area contributed by atoms with Crippen LogP contribution in [0.2, 0.25) is 0 Å². The predicted molar refractivity (Wildman–Crippen MR) is 210 cm³/mol. The van der Waals surface area contributed by atoms with Crippen LogP contribution < -0.4 is 19.5 Å². The van der Waals surface area contributed by atoms with E-state index < -0.39 is 29.7 Å². The third-order valence-electron chi connectivity index (χ3n) is 12.5. The Bertz CT molecular complexity index is 2010. The molecule has 4 fully saturated rings. The molecular formula is C43H51N7O7. The Hall–Kier alpha value is -5.42. The van der Waals surface area contributed by atoms with Crippen LogP contribution in [0.15, 0.2) is 53.4 Å². The van der Waals surface area contributed by atoms with E-state index in [-0.39, 0.29) is 36.2 Å². The number of rotatable bonds is 12. The minimum absolute atomic E-state index is 0.00910. The summed E-state index contributed by atoms with van der Waals surface area (Å²) in [6.45, 7) is 8.30. The van der Waals surface area contributed by atoms with Gasteiger partial charge in [-0.05, 0) is 82.2 Å². The molecule has 6 aliphatic rings. The zero-order chi connectivity index (χ0) is 39.8. The second-order valence-electron chi connectivity index (χ2n) is 16.4. The largest absolute Gasteiger partial charge is 0.495 e. The van der Waals surface area contributed by atoms with Crippen LogP contribution in [0.4, 0.5) is 0 Å². The highest BCUT2D eigenvalue weighted by Crippen LogP contribution is 2.37. The quantitative estimate of drug-likeness (QED) is 0.303. The van der Waals surface area contributed by atoms with E-state index in [9.17, 15) is 24.4 Å². The van der Waals surface area contributed by atoms with Crippen molar-refractivity contribution in [2.75, 3.05) is 33.3 Å². The number of carbonyl (C=O) groups is 4. The average molecular weight is 778 g/mol. The molecule has 2 saturated heterocycles. The van der Waals surface area contributed by atoms with Gasteiger partial charge in [0.1, 0.15) is 47.4 Å². The van der Waals surface area contributed by atoms with Crippen LogP contribution in [0.3, 0.4) is 0 Å². The molecule has 3 atom stereocenters. The molecule has 14 heteroatoms. The molecule has 0 bridgehead atoms. The maximum absolute atomic E-state index is 13.3. The monoisotopic (exact) mass is 777 g/mol. The highest BCUT2D eigenvalue weighted by atomic mass is 16.5. The molecular weight excluding hydrogens is 727 g/mol. The Morgan fingerprint density at radius 2 is 1.65 bits per heavy atom. The lowest BCUT2D eigenvalue weighted by Gasteiger charge is -2.47. The summed E-state index contributed by atoms with van der Waals surface area (Å²) >= 11 is 0. The van der Waals surface area contributed by atoms with Gasteiger partial charge in [0.2, 0.25) is 11.8 Å². The van der Waals surface area contributed by atoms with E-state index >= 15 is 0 Å². The van der Waals surface area contributed by atoms with Crippen LogP contribution in [0, 0.1) is 17.2 Å². The Balaban J connectivity index is 0.797. The zero-order valence-electron chi connectivity index (χ0n) is 32.9. The van der Waals surface area contributed by atoms with Crippen molar-refractivity contribution in [1.29, 1.82) is 5.26 Å². The number of nitriles is 1.